The molecule has 0 atom stereocenters. The molecule has 0 bridgehead atoms. The van der Waals surface area contributed by atoms with Crippen molar-refractivity contribution < 1.29 is 9.69 Å². The molecule has 2 nitrogen and oxygen atoms in total. The minimum Gasteiger partial charge on any atom is -0.354 e. The Balaban J connectivity index is 2.14. The van der Waals surface area contributed by atoms with E-state index in [1.54, 1.807) is 0 Å². The second-order valence-corrected chi connectivity index (χ2v) is 10.9. The quantitative estimate of drug-likeness (QED) is 0.598. The first-order valence-electron chi connectivity index (χ1n) is 6.39. The Labute approximate surface area is 110 Å². The SMILES string of the molecule is C[Si](C)(C)C1=C(c2cccc3c2OOB3)CC=C1. The van der Waals surface area contributed by atoms with Gasteiger partial charge in [-0.05, 0) is 17.5 Å². The van der Waals surface area contributed by atoms with Crippen molar-refractivity contribution in [1.82, 2.24) is 0 Å². The number of benzene rings is 1. The molecule has 3 rings (SSSR count). The molecule has 0 saturated heterocycles. The predicted molar refractivity (Wildman–Crippen MR) is 79.0 cm³/mol. The molecule has 92 valence electrons. The number of rotatable bonds is 2. The Kier molecular flexibility index (Phi) is 2.72. The minimum absolute atomic E-state index is 0.562. The highest BCUT2D eigenvalue weighted by Crippen LogP contribution is 2.38. The van der Waals surface area contributed by atoms with Gasteiger partial charge in [0.1, 0.15) is 0 Å². The van der Waals surface area contributed by atoms with Crippen LogP contribution in [0, 0.1) is 0 Å². The van der Waals surface area contributed by atoms with Crippen LogP contribution in [0.3, 0.4) is 0 Å². The summed E-state index contributed by atoms with van der Waals surface area (Å²) in [5.41, 5.74) is 3.80. The van der Waals surface area contributed by atoms with Crippen LogP contribution < -0.4 is 10.4 Å². The molecule has 0 spiro atoms. The van der Waals surface area contributed by atoms with Crippen LogP contribution in [-0.2, 0) is 4.81 Å². The van der Waals surface area contributed by atoms with Crippen LogP contribution in [0.4, 0.5) is 0 Å². The van der Waals surface area contributed by atoms with Crippen LogP contribution in [0.15, 0.2) is 35.5 Å². The van der Waals surface area contributed by atoms with Crippen molar-refractivity contribution >= 4 is 26.6 Å². The smallest absolute Gasteiger partial charge is 0.354 e. The summed E-state index contributed by atoms with van der Waals surface area (Å²) in [6.45, 7) is 7.16. The van der Waals surface area contributed by atoms with Gasteiger partial charge < -0.3 is 4.89 Å². The third kappa shape index (κ3) is 1.85. The fourth-order valence-corrected chi connectivity index (χ4v) is 4.41. The predicted octanol–water partition coefficient (Wildman–Crippen LogP) is 2.58. The van der Waals surface area contributed by atoms with Gasteiger partial charge in [0.15, 0.2) is 5.75 Å². The molecule has 1 aliphatic carbocycles. The van der Waals surface area contributed by atoms with Gasteiger partial charge in [-0.25, -0.2) is 0 Å². The highest BCUT2D eigenvalue weighted by molar-refractivity contribution is 6.84. The van der Waals surface area contributed by atoms with E-state index < -0.39 is 8.07 Å². The van der Waals surface area contributed by atoms with Gasteiger partial charge in [-0.1, -0.05) is 55.2 Å². The molecule has 0 aromatic heterocycles. The molecular formula is C14H17BO2Si. The molecule has 1 aromatic rings. The van der Waals surface area contributed by atoms with Crippen LogP contribution in [0.2, 0.25) is 19.6 Å². The topological polar surface area (TPSA) is 18.5 Å². The van der Waals surface area contributed by atoms with E-state index in [1.165, 1.54) is 16.3 Å². The lowest BCUT2D eigenvalue weighted by atomic mass is 9.86. The van der Waals surface area contributed by atoms with E-state index in [2.05, 4.69) is 50.0 Å². The van der Waals surface area contributed by atoms with Crippen molar-refractivity contribution in [2.24, 2.45) is 0 Å². The Hall–Kier alpha value is -1.26. The maximum atomic E-state index is 5.36. The normalized spacial score (nSPS) is 17.7. The minimum atomic E-state index is -1.31. The Bertz CT molecular complexity index is 555. The number of para-hydroxylation sites is 1. The van der Waals surface area contributed by atoms with Gasteiger partial charge in [-0.2, -0.15) is 0 Å². The molecule has 1 heterocycles. The van der Waals surface area contributed by atoms with E-state index in [4.69, 9.17) is 9.69 Å². The van der Waals surface area contributed by atoms with Crippen LogP contribution in [0.1, 0.15) is 12.0 Å². The molecule has 1 aromatic carbocycles. The van der Waals surface area contributed by atoms with Gasteiger partial charge in [0, 0.05) is 5.56 Å². The molecule has 4 heteroatoms. The zero-order valence-electron chi connectivity index (χ0n) is 11.1. The van der Waals surface area contributed by atoms with Crippen LogP contribution in [-0.4, -0.2) is 15.6 Å². The first kappa shape index (κ1) is 11.8. The van der Waals surface area contributed by atoms with Crippen LogP contribution in [0.5, 0.6) is 5.75 Å². The molecule has 0 amide bonds. The fraction of sp³-hybridized carbons (Fsp3) is 0.286. The second-order valence-electron chi connectivity index (χ2n) is 5.89. The molecule has 2 aliphatic rings. The summed E-state index contributed by atoms with van der Waals surface area (Å²) in [5, 5.41) is 1.53. The van der Waals surface area contributed by atoms with Crippen molar-refractivity contribution in [3.8, 4) is 5.75 Å². The van der Waals surface area contributed by atoms with Gasteiger partial charge in [0.2, 0.25) is 0 Å². The third-order valence-corrected chi connectivity index (χ3v) is 5.60. The van der Waals surface area contributed by atoms with Crippen molar-refractivity contribution in [3.05, 3.63) is 41.1 Å². The Morgan fingerprint density at radius 1 is 1.22 bits per heavy atom. The number of allylic oxidation sites excluding steroid dienone is 4. The standard InChI is InChI=1S/C14H17BO2Si/c1-18(2,3)13-9-5-6-10(13)11-7-4-8-12-14(11)16-17-15-12/h4-5,7-9,15H,6H2,1-3H3. The van der Waals surface area contributed by atoms with E-state index in [-0.39, 0.29) is 0 Å². The Morgan fingerprint density at radius 2 is 2.06 bits per heavy atom. The summed E-state index contributed by atoms with van der Waals surface area (Å²) in [6.07, 6.45) is 5.58. The average molecular weight is 256 g/mol. The third-order valence-electron chi connectivity index (χ3n) is 3.52. The van der Waals surface area contributed by atoms with Gasteiger partial charge in [0.25, 0.3) is 0 Å². The zero-order chi connectivity index (χ0) is 12.8. The van der Waals surface area contributed by atoms with Gasteiger partial charge >= 0.3 is 7.48 Å². The summed E-state index contributed by atoms with van der Waals surface area (Å²) in [4.78, 5) is 10.5. The zero-order valence-corrected chi connectivity index (χ0v) is 12.1. The largest absolute Gasteiger partial charge is 0.376 e. The molecular weight excluding hydrogens is 239 g/mol. The number of hydrogen-bond donors (Lipinski definition) is 0. The summed E-state index contributed by atoms with van der Waals surface area (Å²) in [6, 6.07) is 6.32. The van der Waals surface area contributed by atoms with Crippen molar-refractivity contribution in [1.29, 1.82) is 0 Å². The molecule has 0 unspecified atom stereocenters. The summed E-state index contributed by atoms with van der Waals surface area (Å²) in [5.74, 6) is 0.923. The maximum Gasteiger partial charge on any atom is 0.376 e. The van der Waals surface area contributed by atoms with E-state index in [9.17, 15) is 0 Å². The molecule has 0 radical (unpaired) electrons. The number of fused-ring (bicyclic) bond motifs is 1. The first-order chi connectivity index (χ1) is 8.57. The fourth-order valence-electron chi connectivity index (χ4n) is 2.65. The highest BCUT2D eigenvalue weighted by atomic mass is 28.3. The highest BCUT2D eigenvalue weighted by Gasteiger charge is 2.28. The van der Waals surface area contributed by atoms with E-state index >= 15 is 0 Å². The lowest BCUT2D eigenvalue weighted by Crippen LogP contribution is -2.23. The monoisotopic (exact) mass is 256 g/mol. The Morgan fingerprint density at radius 3 is 2.83 bits per heavy atom. The van der Waals surface area contributed by atoms with Crippen LogP contribution in [0.25, 0.3) is 5.57 Å². The van der Waals surface area contributed by atoms with Gasteiger partial charge in [-0.3, -0.25) is 4.81 Å². The lowest BCUT2D eigenvalue weighted by Gasteiger charge is -2.20. The van der Waals surface area contributed by atoms with E-state index in [0.717, 1.165) is 17.6 Å². The summed E-state index contributed by atoms with van der Waals surface area (Å²) < 4.78 is 0. The molecule has 1 aliphatic heterocycles. The van der Waals surface area contributed by atoms with Crippen molar-refractivity contribution in [3.63, 3.8) is 0 Å². The van der Waals surface area contributed by atoms with Gasteiger partial charge in [0.05, 0.1) is 8.07 Å². The summed E-state index contributed by atoms with van der Waals surface area (Å²) in [7, 11) is -0.745. The van der Waals surface area contributed by atoms with E-state index in [0.29, 0.717) is 7.48 Å². The van der Waals surface area contributed by atoms with Crippen LogP contribution >= 0.6 is 0 Å². The van der Waals surface area contributed by atoms with E-state index in [1.807, 2.05) is 0 Å². The molecule has 0 fully saturated rings. The number of hydrogen-bond acceptors (Lipinski definition) is 2. The average Bonchev–Trinajstić information content (AvgIpc) is 2.96. The first-order valence-corrected chi connectivity index (χ1v) is 9.89. The lowest BCUT2D eigenvalue weighted by molar-refractivity contribution is -0.0862. The van der Waals surface area contributed by atoms with Crippen molar-refractivity contribution in [2.75, 3.05) is 0 Å². The molecule has 0 saturated carbocycles. The summed E-state index contributed by atoms with van der Waals surface area (Å²) >= 11 is 0. The van der Waals surface area contributed by atoms with Gasteiger partial charge in [-0.15, -0.1) is 0 Å². The second kappa shape index (κ2) is 4.14. The molecule has 18 heavy (non-hydrogen) atoms. The van der Waals surface area contributed by atoms with Crippen molar-refractivity contribution in [2.45, 2.75) is 26.1 Å². The maximum absolute atomic E-state index is 5.36. The molecule has 0 N–H and O–H groups in total.